The molecule has 9 heteroatoms. The van der Waals surface area contributed by atoms with Crippen LogP contribution >= 0.6 is 0 Å². The fraction of sp³-hybridized carbons (Fsp3) is 0.444. The van der Waals surface area contributed by atoms with Crippen molar-refractivity contribution in [3.63, 3.8) is 0 Å². The van der Waals surface area contributed by atoms with Gasteiger partial charge in [0.15, 0.2) is 11.4 Å². The fourth-order valence-corrected chi connectivity index (χ4v) is 4.47. The molecule has 8 nitrogen and oxygen atoms in total. The zero-order chi connectivity index (χ0) is 18.6. The molecule has 1 N–H and O–H groups in total. The highest BCUT2D eigenvalue weighted by molar-refractivity contribution is 7.86. The van der Waals surface area contributed by atoms with Crippen LogP contribution in [0, 0.1) is 5.92 Å². The highest BCUT2D eigenvalue weighted by Gasteiger charge is 2.20. The van der Waals surface area contributed by atoms with Crippen molar-refractivity contribution in [3.8, 4) is 5.75 Å². The topological polar surface area (TPSA) is 91.4 Å². The van der Waals surface area contributed by atoms with Gasteiger partial charge in [-0.2, -0.15) is 5.10 Å². The van der Waals surface area contributed by atoms with E-state index in [0.717, 1.165) is 31.6 Å². The van der Waals surface area contributed by atoms with Gasteiger partial charge in [0.05, 0.1) is 13.7 Å². The number of aromatic nitrogens is 3. The quantitative estimate of drug-likeness (QED) is 0.667. The number of methoxy groups -OCH3 is 1. The molecule has 144 valence electrons. The summed E-state index contributed by atoms with van der Waals surface area (Å²) in [6, 6.07) is 5.70. The lowest BCUT2D eigenvalue weighted by Gasteiger charge is -2.21. The van der Waals surface area contributed by atoms with Gasteiger partial charge in [0, 0.05) is 31.4 Å². The third-order valence-corrected chi connectivity index (χ3v) is 5.86. The molecule has 1 aliphatic heterocycles. The van der Waals surface area contributed by atoms with E-state index in [1.165, 1.54) is 0 Å². The number of anilines is 1. The van der Waals surface area contributed by atoms with E-state index in [9.17, 15) is 4.21 Å². The van der Waals surface area contributed by atoms with E-state index in [4.69, 9.17) is 14.0 Å². The lowest BCUT2D eigenvalue weighted by Crippen LogP contribution is -2.23. The average molecular weight is 390 g/mol. The summed E-state index contributed by atoms with van der Waals surface area (Å²) in [5.41, 5.74) is 1.57. The molecule has 0 amide bonds. The van der Waals surface area contributed by atoms with Crippen LogP contribution in [0.2, 0.25) is 0 Å². The summed E-state index contributed by atoms with van der Waals surface area (Å²) >= 11 is 0. The molecule has 1 aliphatic rings. The Kier molecular flexibility index (Phi) is 5.40. The van der Waals surface area contributed by atoms with Gasteiger partial charge in [-0.1, -0.05) is 5.16 Å². The number of nitrogens with one attached hydrogen (secondary N) is 1. The van der Waals surface area contributed by atoms with E-state index in [1.54, 1.807) is 13.3 Å². The zero-order valence-corrected chi connectivity index (χ0v) is 15.9. The maximum atomic E-state index is 12.5. The van der Waals surface area contributed by atoms with Crippen LogP contribution in [0.15, 0.2) is 35.1 Å². The van der Waals surface area contributed by atoms with Gasteiger partial charge in [-0.3, -0.25) is 9.40 Å². The first kappa shape index (κ1) is 18.0. The number of hydrogen-bond acceptors (Lipinski definition) is 6. The van der Waals surface area contributed by atoms with Crippen molar-refractivity contribution in [3.05, 3.63) is 36.2 Å². The second kappa shape index (κ2) is 8.10. The van der Waals surface area contributed by atoms with Crippen molar-refractivity contribution in [2.24, 2.45) is 5.92 Å². The van der Waals surface area contributed by atoms with Crippen LogP contribution in [0.5, 0.6) is 5.75 Å². The number of nitrogens with zero attached hydrogens (tertiary/aromatic N) is 3. The number of rotatable bonds is 7. The van der Waals surface area contributed by atoms with Crippen molar-refractivity contribution in [1.82, 2.24) is 14.9 Å². The van der Waals surface area contributed by atoms with Gasteiger partial charge in [-0.05, 0) is 42.5 Å². The Balaban J connectivity index is 1.53. The van der Waals surface area contributed by atoms with Crippen molar-refractivity contribution < 1.29 is 18.2 Å². The second-order valence-corrected chi connectivity index (χ2v) is 7.80. The van der Waals surface area contributed by atoms with Crippen molar-refractivity contribution >= 4 is 27.8 Å². The molecule has 3 aromatic rings. The van der Waals surface area contributed by atoms with Gasteiger partial charge >= 0.3 is 0 Å². The molecule has 1 atom stereocenters. The van der Waals surface area contributed by atoms with Gasteiger partial charge in [0.1, 0.15) is 22.1 Å². The highest BCUT2D eigenvalue weighted by Crippen LogP contribution is 2.34. The average Bonchev–Trinajstić information content (AvgIpc) is 3.32. The van der Waals surface area contributed by atoms with Crippen LogP contribution < -0.4 is 9.46 Å². The molecular formula is C18H22N4O4S. The standard InChI is InChI=1S/C18H22N4O4S/c1-24-15-9-14(11-22-6-2-5-19-22)10-16-17(15)18(20-26-16)21-27(23)12-13-3-7-25-8-4-13/h2,5-6,9-10,13H,3-4,7-8,11-12H2,1H3,(H,20,21). The molecule has 1 saturated heterocycles. The predicted molar refractivity (Wildman–Crippen MR) is 102 cm³/mol. The van der Waals surface area contributed by atoms with E-state index < -0.39 is 11.0 Å². The predicted octanol–water partition coefficient (Wildman–Crippen LogP) is 2.58. The van der Waals surface area contributed by atoms with Crippen molar-refractivity contribution in [2.45, 2.75) is 19.4 Å². The molecule has 0 radical (unpaired) electrons. The first-order valence-corrected chi connectivity index (χ1v) is 10.2. The number of fused-ring (bicyclic) bond motifs is 1. The minimum absolute atomic E-state index is 0.396. The van der Waals surface area contributed by atoms with Gasteiger partial charge in [0.25, 0.3) is 0 Å². The normalized spacial score (nSPS) is 16.5. The zero-order valence-electron chi connectivity index (χ0n) is 15.1. The number of benzene rings is 1. The maximum Gasteiger partial charge on any atom is 0.192 e. The molecule has 27 heavy (non-hydrogen) atoms. The Bertz CT molecular complexity index is 919. The number of hydrogen-bond donors (Lipinski definition) is 1. The van der Waals surface area contributed by atoms with Crippen LogP contribution in [-0.4, -0.2) is 45.2 Å². The Morgan fingerprint density at radius 2 is 2.22 bits per heavy atom. The highest BCUT2D eigenvalue weighted by atomic mass is 32.2. The third-order valence-electron chi connectivity index (χ3n) is 4.66. The third kappa shape index (κ3) is 4.14. The second-order valence-electron chi connectivity index (χ2n) is 6.58. The summed E-state index contributed by atoms with van der Waals surface area (Å²) in [5, 5.41) is 8.98. The van der Waals surface area contributed by atoms with E-state index in [0.29, 0.717) is 40.8 Å². The summed E-state index contributed by atoms with van der Waals surface area (Å²) in [6.45, 7) is 2.07. The Hall–Kier alpha value is -2.39. The molecule has 0 aliphatic carbocycles. The van der Waals surface area contributed by atoms with E-state index in [1.807, 2.05) is 29.1 Å². The van der Waals surface area contributed by atoms with Gasteiger partial charge in [-0.25, -0.2) is 4.21 Å². The molecule has 1 unspecified atom stereocenters. The van der Waals surface area contributed by atoms with Crippen LogP contribution in [0.3, 0.4) is 0 Å². The summed E-state index contributed by atoms with van der Waals surface area (Å²) in [7, 11) is 0.357. The Morgan fingerprint density at radius 3 is 2.96 bits per heavy atom. The lowest BCUT2D eigenvalue weighted by atomic mass is 10.0. The van der Waals surface area contributed by atoms with Crippen LogP contribution in [-0.2, 0) is 22.3 Å². The summed E-state index contributed by atoms with van der Waals surface area (Å²) in [4.78, 5) is 0. The molecule has 1 fully saturated rings. The smallest absolute Gasteiger partial charge is 0.192 e. The molecule has 4 rings (SSSR count). The molecule has 0 spiro atoms. The molecular weight excluding hydrogens is 368 g/mol. The SMILES string of the molecule is COc1cc(Cn2cccn2)cc2onc(NS(=O)CC3CCOCC3)c12. The summed E-state index contributed by atoms with van der Waals surface area (Å²) in [5.74, 6) is 2.03. The van der Waals surface area contributed by atoms with Gasteiger partial charge in [0.2, 0.25) is 0 Å². The van der Waals surface area contributed by atoms with Crippen LogP contribution in [0.4, 0.5) is 5.82 Å². The maximum absolute atomic E-state index is 12.5. The van der Waals surface area contributed by atoms with Gasteiger partial charge in [-0.15, -0.1) is 0 Å². The van der Waals surface area contributed by atoms with E-state index >= 15 is 0 Å². The minimum atomic E-state index is -1.24. The first-order chi connectivity index (χ1) is 13.2. The molecule has 0 bridgehead atoms. The van der Waals surface area contributed by atoms with Crippen LogP contribution in [0.1, 0.15) is 18.4 Å². The molecule has 3 heterocycles. The number of ether oxygens (including phenoxy) is 2. The summed E-state index contributed by atoms with van der Waals surface area (Å²) < 4.78 is 33.7. The fourth-order valence-electron chi connectivity index (χ4n) is 3.27. The molecule has 1 aromatic carbocycles. The Labute approximate surface area is 159 Å². The van der Waals surface area contributed by atoms with Gasteiger partial charge < -0.3 is 14.0 Å². The minimum Gasteiger partial charge on any atom is -0.496 e. The lowest BCUT2D eigenvalue weighted by molar-refractivity contribution is 0.0726. The van der Waals surface area contributed by atoms with E-state index in [2.05, 4.69) is 15.0 Å². The van der Waals surface area contributed by atoms with Crippen molar-refractivity contribution in [2.75, 3.05) is 30.8 Å². The monoisotopic (exact) mass is 390 g/mol. The first-order valence-electron chi connectivity index (χ1n) is 8.89. The largest absolute Gasteiger partial charge is 0.496 e. The van der Waals surface area contributed by atoms with Crippen molar-refractivity contribution in [1.29, 1.82) is 0 Å². The summed E-state index contributed by atoms with van der Waals surface area (Å²) in [6.07, 6.45) is 5.50. The molecule has 0 saturated carbocycles. The Morgan fingerprint density at radius 1 is 1.37 bits per heavy atom. The van der Waals surface area contributed by atoms with E-state index in [-0.39, 0.29) is 0 Å². The molecule has 2 aromatic heterocycles. The van der Waals surface area contributed by atoms with Crippen LogP contribution in [0.25, 0.3) is 11.0 Å².